The van der Waals surface area contributed by atoms with Crippen LogP contribution in [0.1, 0.15) is 26.3 Å². The maximum Gasteiger partial charge on any atom is 0.310 e. The highest BCUT2D eigenvalue weighted by Crippen LogP contribution is 2.13. The van der Waals surface area contributed by atoms with Crippen molar-refractivity contribution in [3.8, 4) is 5.75 Å². The molecule has 0 aliphatic carbocycles. The van der Waals surface area contributed by atoms with Crippen molar-refractivity contribution in [2.75, 3.05) is 26.8 Å². The molecule has 0 fully saturated rings. The van der Waals surface area contributed by atoms with Crippen molar-refractivity contribution in [3.63, 3.8) is 0 Å². The molecule has 1 atom stereocenters. The van der Waals surface area contributed by atoms with Gasteiger partial charge >= 0.3 is 5.97 Å². The summed E-state index contributed by atoms with van der Waals surface area (Å²) in [6.07, 6.45) is 0.314. The van der Waals surface area contributed by atoms with Gasteiger partial charge in [-0.1, -0.05) is 19.1 Å². The van der Waals surface area contributed by atoms with Crippen LogP contribution >= 0.6 is 0 Å². The zero-order valence-electron chi connectivity index (χ0n) is 13.8. The van der Waals surface area contributed by atoms with Crippen LogP contribution in [0.25, 0.3) is 0 Å². The van der Waals surface area contributed by atoms with Gasteiger partial charge in [0.2, 0.25) is 5.91 Å². The lowest BCUT2D eigenvalue weighted by Gasteiger charge is -2.23. The van der Waals surface area contributed by atoms with E-state index in [0.29, 0.717) is 26.1 Å². The van der Waals surface area contributed by atoms with Gasteiger partial charge in [-0.05, 0) is 31.5 Å². The third kappa shape index (κ3) is 5.39. The summed E-state index contributed by atoms with van der Waals surface area (Å²) in [5, 5.41) is 0. The summed E-state index contributed by atoms with van der Waals surface area (Å²) in [5.41, 5.74) is 0.928. The molecule has 0 radical (unpaired) electrons. The summed E-state index contributed by atoms with van der Waals surface area (Å²) in [7, 11) is 1.36. The number of esters is 1. The van der Waals surface area contributed by atoms with Gasteiger partial charge in [-0.15, -0.1) is 0 Å². The lowest BCUT2D eigenvalue weighted by molar-refractivity contribution is -0.146. The Bertz CT molecular complexity index is 484. The van der Waals surface area contributed by atoms with E-state index in [0.717, 1.165) is 11.3 Å². The molecule has 0 spiro atoms. The standard InChI is InChI=1S/C17H25NO4/c1-5-18(12-13(3)17(20)21-4)16(19)11-14-7-9-15(10-8-14)22-6-2/h7-10,13H,5-6,11-12H2,1-4H3. The van der Waals surface area contributed by atoms with E-state index in [1.165, 1.54) is 7.11 Å². The smallest absolute Gasteiger partial charge is 0.310 e. The van der Waals surface area contributed by atoms with Crippen LogP contribution in [0.5, 0.6) is 5.75 Å². The number of hydrogen-bond acceptors (Lipinski definition) is 4. The predicted molar refractivity (Wildman–Crippen MR) is 84.7 cm³/mol. The van der Waals surface area contributed by atoms with E-state index < -0.39 is 0 Å². The van der Waals surface area contributed by atoms with E-state index in [2.05, 4.69) is 0 Å². The van der Waals surface area contributed by atoms with Gasteiger partial charge in [-0.2, -0.15) is 0 Å². The van der Waals surface area contributed by atoms with E-state index in [-0.39, 0.29) is 17.8 Å². The van der Waals surface area contributed by atoms with Crippen LogP contribution in [0.2, 0.25) is 0 Å². The molecule has 1 aromatic rings. The van der Waals surface area contributed by atoms with Gasteiger partial charge in [-0.25, -0.2) is 0 Å². The Labute approximate surface area is 132 Å². The molecular formula is C17H25NO4. The number of carbonyl (C=O) groups is 2. The Morgan fingerprint density at radius 1 is 1.18 bits per heavy atom. The number of hydrogen-bond donors (Lipinski definition) is 0. The average molecular weight is 307 g/mol. The molecule has 0 N–H and O–H groups in total. The zero-order chi connectivity index (χ0) is 16.5. The summed E-state index contributed by atoms with van der Waals surface area (Å²) in [5.74, 6) is 0.175. The van der Waals surface area contributed by atoms with E-state index >= 15 is 0 Å². The second kappa shape index (κ2) is 9.07. The van der Waals surface area contributed by atoms with Crippen molar-refractivity contribution in [2.45, 2.75) is 27.2 Å². The largest absolute Gasteiger partial charge is 0.494 e. The highest BCUT2D eigenvalue weighted by atomic mass is 16.5. The van der Waals surface area contributed by atoms with E-state index in [4.69, 9.17) is 9.47 Å². The minimum absolute atomic E-state index is 0.00223. The number of amides is 1. The van der Waals surface area contributed by atoms with Gasteiger partial charge < -0.3 is 14.4 Å². The SMILES string of the molecule is CCOc1ccc(CC(=O)N(CC)CC(C)C(=O)OC)cc1. The normalized spacial score (nSPS) is 11.6. The van der Waals surface area contributed by atoms with Crippen molar-refractivity contribution in [3.05, 3.63) is 29.8 Å². The molecule has 1 rings (SSSR count). The summed E-state index contributed by atoms with van der Waals surface area (Å²) in [6.45, 7) is 7.15. The Kier molecular flexibility index (Phi) is 7.43. The number of likely N-dealkylation sites (N-methyl/N-ethyl adjacent to an activating group) is 1. The number of benzene rings is 1. The first kappa shape index (κ1) is 18.0. The van der Waals surface area contributed by atoms with Gasteiger partial charge in [0, 0.05) is 13.1 Å². The molecule has 22 heavy (non-hydrogen) atoms. The highest BCUT2D eigenvalue weighted by Gasteiger charge is 2.20. The molecule has 1 aromatic carbocycles. The van der Waals surface area contributed by atoms with Crippen molar-refractivity contribution in [1.29, 1.82) is 0 Å². The monoisotopic (exact) mass is 307 g/mol. The van der Waals surface area contributed by atoms with Crippen LogP contribution in [-0.4, -0.2) is 43.6 Å². The Morgan fingerprint density at radius 2 is 1.82 bits per heavy atom. The van der Waals surface area contributed by atoms with E-state index in [9.17, 15) is 9.59 Å². The quantitative estimate of drug-likeness (QED) is 0.691. The fourth-order valence-corrected chi connectivity index (χ4v) is 2.17. The third-order valence-corrected chi connectivity index (χ3v) is 3.42. The third-order valence-electron chi connectivity index (χ3n) is 3.42. The lowest BCUT2D eigenvalue weighted by atomic mass is 10.1. The van der Waals surface area contributed by atoms with Gasteiger partial charge in [0.1, 0.15) is 5.75 Å². The molecule has 0 saturated heterocycles. The Morgan fingerprint density at radius 3 is 2.32 bits per heavy atom. The molecule has 0 aromatic heterocycles. The zero-order valence-corrected chi connectivity index (χ0v) is 13.8. The maximum absolute atomic E-state index is 12.3. The minimum Gasteiger partial charge on any atom is -0.494 e. The fraction of sp³-hybridized carbons (Fsp3) is 0.529. The van der Waals surface area contributed by atoms with Crippen LogP contribution in [0.15, 0.2) is 24.3 Å². The number of ether oxygens (including phenoxy) is 2. The summed E-state index contributed by atoms with van der Waals surface area (Å²) >= 11 is 0. The Balaban J connectivity index is 2.62. The fourth-order valence-electron chi connectivity index (χ4n) is 2.17. The van der Waals surface area contributed by atoms with Crippen LogP contribution in [-0.2, 0) is 20.7 Å². The van der Waals surface area contributed by atoms with Crippen LogP contribution < -0.4 is 4.74 Å². The number of rotatable bonds is 8. The number of methoxy groups -OCH3 is 1. The second-order valence-electron chi connectivity index (χ2n) is 5.11. The predicted octanol–water partition coefficient (Wildman–Crippen LogP) is 2.29. The van der Waals surface area contributed by atoms with Gasteiger partial charge in [0.05, 0.1) is 26.1 Å². The van der Waals surface area contributed by atoms with Gasteiger partial charge in [0.15, 0.2) is 0 Å². The molecule has 5 heteroatoms. The number of carbonyl (C=O) groups excluding carboxylic acids is 2. The first-order valence-electron chi connectivity index (χ1n) is 7.59. The summed E-state index contributed by atoms with van der Waals surface area (Å²) < 4.78 is 10.1. The topological polar surface area (TPSA) is 55.8 Å². The molecule has 0 bridgehead atoms. The average Bonchev–Trinajstić information content (AvgIpc) is 2.53. The Hall–Kier alpha value is -2.04. The summed E-state index contributed by atoms with van der Waals surface area (Å²) in [6, 6.07) is 7.50. The van der Waals surface area contributed by atoms with Crippen molar-refractivity contribution in [1.82, 2.24) is 4.90 Å². The molecule has 0 aliphatic rings. The molecular weight excluding hydrogens is 282 g/mol. The first-order chi connectivity index (χ1) is 10.5. The molecule has 1 unspecified atom stereocenters. The van der Waals surface area contributed by atoms with Crippen molar-refractivity contribution >= 4 is 11.9 Å². The van der Waals surface area contributed by atoms with Crippen LogP contribution in [0.4, 0.5) is 0 Å². The van der Waals surface area contributed by atoms with Gasteiger partial charge in [0.25, 0.3) is 0 Å². The molecule has 1 amide bonds. The first-order valence-corrected chi connectivity index (χ1v) is 7.59. The maximum atomic E-state index is 12.3. The lowest BCUT2D eigenvalue weighted by Crippen LogP contribution is -2.38. The van der Waals surface area contributed by atoms with Crippen LogP contribution in [0.3, 0.4) is 0 Å². The van der Waals surface area contributed by atoms with E-state index in [1.54, 1.807) is 11.8 Å². The molecule has 0 heterocycles. The number of nitrogens with zero attached hydrogens (tertiary/aromatic N) is 1. The molecule has 0 aliphatic heterocycles. The van der Waals surface area contributed by atoms with Gasteiger partial charge in [-0.3, -0.25) is 9.59 Å². The van der Waals surface area contributed by atoms with Crippen LogP contribution in [0, 0.1) is 5.92 Å². The molecule has 0 saturated carbocycles. The van der Waals surface area contributed by atoms with E-state index in [1.807, 2.05) is 38.1 Å². The molecule has 122 valence electrons. The molecule has 5 nitrogen and oxygen atoms in total. The highest BCUT2D eigenvalue weighted by molar-refractivity contribution is 5.80. The second-order valence-corrected chi connectivity index (χ2v) is 5.11. The minimum atomic E-state index is -0.325. The summed E-state index contributed by atoms with van der Waals surface area (Å²) in [4.78, 5) is 25.5. The van der Waals surface area contributed by atoms with Crippen molar-refractivity contribution < 1.29 is 19.1 Å². The van der Waals surface area contributed by atoms with Crippen molar-refractivity contribution in [2.24, 2.45) is 5.92 Å².